The van der Waals surface area contributed by atoms with Gasteiger partial charge in [-0.05, 0) is 24.6 Å². The molecule has 0 spiro atoms. The predicted octanol–water partition coefficient (Wildman–Crippen LogP) is 1.69. The van der Waals surface area contributed by atoms with Crippen LogP contribution in [0, 0.1) is 5.82 Å². The molecule has 0 aromatic heterocycles. The Morgan fingerprint density at radius 3 is 2.94 bits per heavy atom. The number of nitrogens with zero attached hydrogens (tertiary/aromatic N) is 1. The van der Waals surface area contributed by atoms with E-state index in [9.17, 15) is 4.39 Å². The van der Waals surface area contributed by atoms with Crippen LogP contribution in [0.1, 0.15) is 12.0 Å². The first-order valence-corrected chi connectivity index (χ1v) is 5.90. The molecule has 2 rings (SSSR count). The zero-order chi connectivity index (χ0) is 12.4. The van der Waals surface area contributed by atoms with E-state index < -0.39 is 0 Å². The van der Waals surface area contributed by atoms with Gasteiger partial charge in [0.15, 0.2) is 0 Å². The van der Waals surface area contributed by atoms with Gasteiger partial charge < -0.3 is 15.4 Å². The van der Waals surface area contributed by atoms with E-state index in [1.807, 2.05) is 7.05 Å². The summed E-state index contributed by atoms with van der Waals surface area (Å²) < 4.78 is 18.5. The largest absolute Gasteiger partial charge is 0.389 e. The highest BCUT2D eigenvalue weighted by Gasteiger charge is 2.22. The maximum Gasteiger partial charge on any atom is 0.124 e. The lowest BCUT2D eigenvalue weighted by Crippen LogP contribution is -2.33. The summed E-state index contributed by atoms with van der Waals surface area (Å²) in [6, 6.07) is 4.81. The second-order valence-corrected chi connectivity index (χ2v) is 4.59. The molecule has 1 atom stereocenters. The molecular formula is C12H15FN2OS. The Morgan fingerprint density at radius 1 is 1.59 bits per heavy atom. The SMILES string of the molecule is CN(c1ccc(F)cc1C(N)=S)C1CCOC1. The Bertz CT molecular complexity index is 433. The quantitative estimate of drug-likeness (QED) is 0.833. The van der Waals surface area contributed by atoms with Gasteiger partial charge in [-0.1, -0.05) is 12.2 Å². The molecule has 3 nitrogen and oxygen atoms in total. The van der Waals surface area contributed by atoms with Crippen molar-refractivity contribution >= 4 is 22.9 Å². The smallest absolute Gasteiger partial charge is 0.124 e. The Morgan fingerprint density at radius 2 is 2.35 bits per heavy atom. The maximum atomic E-state index is 13.2. The summed E-state index contributed by atoms with van der Waals surface area (Å²) in [7, 11) is 1.95. The Kier molecular flexibility index (Phi) is 3.59. The standard InChI is InChI=1S/C12H15FN2OS/c1-15(9-4-5-16-7-9)11-3-2-8(13)6-10(11)12(14)17/h2-3,6,9H,4-5,7H2,1H3,(H2,14,17). The third-order valence-electron chi connectivity index (χ3n) is 3.06. The number of nitrogens with two attached hydrogens (primary N) is 1. The molecule has 0 bridgehead atoms. The van der Waals surface area contributed by atoms with Crippen LogP contribution in [0.4, 0.5) is 10.1 Å². The van der Waals surface area contributed by atoms with Crippen LogP contribution in [0.2, 0.25) is 0 Å². The number of rotatable bonds is 3. The summed E-state index contributed by atoms with van der Waals surface area (Å²) in [4.78, 5) is 2.27. The van der Waals surface area contributed by atoms with Crippen molar-refractivity contribution in [1.82, 2.24) is 0 Å². The van der Waals surface area contributed by atoms with Gasteiger partial charge in [-0.2, -0.15) is 0 Å². The minimum atomic E-state index is -0.326. The van der Waals surface area contributed by atoms with E-state index in [2.05, 4.69) is 4.90 Å². The molecule has 0 aliphatic carbocycles. The lowest BCUT2D eigenvalue weighted by Gasteiger charge is -2.27. The van der Waals surface area contributed by atoms with Gasteiger partial charge in [0.05, 0.1) is 12.6 Å². The summed E-state index contributed by atoms with van der Waals surface area (Å²) in [6.07, 6.45) is 0.963. The normalized spacial score (nSPS) is 19.3. The summed E-state index contributed by atoms with van der Waals surface area (Å²) in [6.45, 7) is 1.45. The average molecular weight is 254 g/mol. The molecule has 5 heteroatoms. The van der Waals surface area contributed by atoms with Crippen molar-refractivity contribution in [3.8, 4) is 0 Å². The van der Waals surface area contributed by atoms with Crippen LogP contribution in [0.5, 0.6) is 0 Å². The second kappa shape index (κ2) is 4.98. The third kappa shape index (κ3) is 2.56. The third-order valence-corrected chi connectivity index (χ3v) is 3.28. The number of ether oxygens (including phenoxy) is 1. The fourth-order valence-electron chi connectivity index (χ4n) is 2.04. The molecule has 1 aliphatic heterocycles. The van der Waals surface area contributed by atoms with Gasteiger partial charge in [0.25, 0.3) is 0 Å². The van der Waals surface area contributed by atoms with E-state index in [1.54, 1.807) is 6.07 Å². The van der Waals surface area contributed by atoms with E-state index in [4.69, 9.17) is 22.7 Å². The van der Waals surface area contributed by atoms with Crippen LogP contribution in [0.15, 0.2) is 18.2 Å². The van der Waals surface area contributed by atoms with Gasteiger partial charge in [0, 0.05) is 24.9 Å². The highest BCUT2D eigenvalue weighted by atomic mass is 32.1. The zero-order valence-corrected chi connectivity index (χ0v) is 10.5. The number of benzene rings is 1. The number of hydrogen-bond acceptors (Lipinski definition) is 3. The molecule has 1 aromatic rings. The van der Waals surface area contributed by atoms with Gasteiger partial charge in [-0.25, -0.2) is 4.39 Å². The Hall–Kier alpha value is -1.20. The minimum Gasteiger partial charge on any atom is -0.389 e. The Labute approximate surface area is 105 Å². The average Bonchev–Trinajstić information content (AvgIpc) is 2.81. The number of thiocarbonyl (C=S) groups is 1. The van der Waals surface area contributed by atoms with E-state index >= 15 is 0 Å². The van der Waals surface area contributed by atoms with Crippen LogP contribution in [-0.2, 0) is 4.74 Å². The van der Waals surface area contributed by atoms with Crippen LogP contribution in [0.25, 0.3) is 0 Å². The maximum absolute atomic E-state index is 13.2. The first-order valence-electron chi connectivity index (χ1n) is 5.49. The molecule has 17 heavy (non-hydrogen) atoms. The van der Waals surface area contributed by atoms with Crippen molar-refractivity contribution in [3.63, 3.8) is 0 Å². The van der Waals surface area contributed by atoms with Crippen molar-refractivity contribution in [2.45, 2.75) is 12.5 Å². The van der Waals surface area contributed by atoms with Crippen LogP contribution < -0.4 is 10.6 Å². The number of anilines is 1. The monoisotopic (exact) mass is 254 g/mol. The Balaban J connectivity index is 2.33. The summed E-state index contributed by atoms with van der Waals surface area (Å²) in [5, 5.41) is 0. The summed E-state index contributed by atoms with van der Waals surface area (Å²) in [5.74, 6) is -0.326. The molecule has 0 saturated carbocycles. The molecule has 1 heterocycles. The van der Waals surface area contributed by atoms with Crippen LogP contribution in [-0.4, -0.2) is 31.3 Å². The predicted molar refractivity (Wildman–Crippen MR) is 69.9 cm³/mol. The van der Waals surface area contributed by atoms with Gasteiger partial charge in [-0.15, -0.1) is 0 Å². The highest BCUT2D eigenvalue weighted by molar-refractivity contribution is 7.80. The van der Waals surface area contributed by atoms with E-state index in [1.165, 1.54) is 12.1 Å². The van der Waals surface area contributed by atoms with Gasteiger partial charge in [0.2, 0.25) is 0 Å². The number of halogens is 1. The van der Waals surface area contributed by atoms with Gasteiger partial charge >= 0.3 is 0 Å². The fraction of sp³-hybridized carbons (Fsp3) is 0.417. The molecule has 0 amide bonds. The number of likely N-dealkylation sites (N-methyl/N-ethyl adjacent to an activating group) is 1. The molecule has 0 radical (unpaired) electrons. The van der Waals surface area contributed by atoms with E-state index in [-0.39, 0.29) is 10.8 Å². The van der Waals surface area contributed by atoms with Crippen molar-refractivity contribution in [3.05, 3.63) is 29.6 Å². The van der Waals surface area contributed by atoms with E-state index in [0.717, 1.165) is 18.7 Å². The van der Waals surface area contributed by atoms with Crippen LogP contribution >= 0.6 is 12.2 Å². The first-order chi connectivity index (χ1) is 8.09. The topological polar surface area (TPSA) is 38.5 Å². The fourth-order valence-corrected chi connectivity index (χ4v) is 2.20. The first kappa shape index (κ1) is 12.3. The molecule has 1 aliphatic rings. The van der Waals surface area contributed by atoms with Crippen molar-refractivity contribution in [2.24, 2.45) is 5.73 Å². The summed E-state index contributed by atoms with van der Waals surface area (Å²) >= 11 is 4.96. The van der Waals surface area contributed by atoms with Crippen molar-refractivity contribution in [1.29, 1.82) is 0 Å². The molecular weight excluding hydrogens is 239 g/mol. The molecule has 92 valence electrons. The second-order valence-electron chi connectivity index (χ2n) is 4.15. The minimum absolute atomic E-state index is 0.213. The van der Waals surface area contributed by atoms with E-state index in [0.29, 0.717) is 18.2 Å². The molecule has 2 N–H and O–H groups in total. The molecule has 1 unspecified atom stereocenters. The van der Waals surface area contributed by atoms with Crippen LogP contribution in [0.3, 0.4) is 0 Å². The van der Waals surface area contributed by atoms with Gasteiger partial charge in [-0.3, -0.25) is 0 Å². The zero-order valence-electron chi connectivity index (χ0n) is 9.65. The van der Waals surface area contributed by atoms with Gasteiger partial charge in [0.1, 0.15) is 10.8 Å². The molecule has 1 aromatic carbocycles. The highest BCUT2D eigenvalue weighted by Crippen LogP contribution is 2.25. The lowest BCUT2D eigenvalue weighted by molar-refractivity contribution is 0.193. The summed E-state index contributed by atoms with van der Waals surface area (Å²) in [5.41, 5.74) is 7.06. The van der Waals surface area contributed by atoms with Crippen molar-refractivity contribution < 1.29 is 9.13 Å². The number of hydrogen-bond donors (Lipinski definition) is 1. The molecule has 1 fully saturated rings. The lowest BCUT2D eigenvalue weighted by atomic mass is 10.1. The molecule has 1 saturated heterocycles. The van der Waals surface area contributed by atoms with Crippen molar-refractivity contribution in [2.75, 3.05) is 25.2 Å².